The summed E-state index contributed by atoms with van der Waals surface area (Å²) in [6, 6.07) is 26.6. The molecule has 0 radical (unpaired) electrons. The number of rotatable bonds is 3. The fourth-order valence-corrected chi connectivity index (χ4v) is 4.38. The van der Waals surface area contributed by atoms with Crippen LogP contribution < -0.4 is 4.74 Å². The third-order valence-corrected chi connectivity index (χ3v) is 5.87. The number of aryl methyl sites for hydroxylation is 1. The van der Waals surface area contributed by atoms with Gasteiger partial charge in [0.1, 0.15) is 17.3 Å². The summed E-state index contributed by atoms with van der Waals surface area (Å²) in [5.74, 6) is 0.453. The van der Waals surface area contributed by atoms with Gasteiger partial charge in [0, 0.05) is 16.7 Å². The van der Waals surface area contributed by atoms with Gasteiger partial charge in [0.15, 0.2) is 0 Å². The summed E-state index contributed by atoms with van der Waals surface area (Å²) in [7, 11) is 1.59. The lowest BCUT2D eigenvalue weighted by atomic mass is 9.89. The van der Waals surface area contributed by atoms with Crippen molar-refractivity contribution in [2.75, 3.05) is 7.11 Å². The van der Waals surface area contributed by atoms with Crippen molar-refractivity contribution in [1.29, 1.82) is 0 Å². The van der Waals surface area contributed by atoms with Crippen molar-refractivity contribution in [1.82, 2.24) is 0 Å². The molecule has 3 heteroatoms. The Hall–Kier alpha value is -3.85. The Kier molecular flexibility index (Phi) is 4.59. The van der Waals surface area contributed by atoms with Crippen LogP contribution in [-0.2, 0) is 0 Å². The molecule has 0 aliphatic heterocycles. The Balaban J connectivity index is 1.86. The van der Waals surface area contributed by atoms with Crippen molar-refractivity contribution < 1.29 is 14.2 Å². The lowest BCUT2D eigenvalue weighted by Crippen LogP contribution is -1.95. The van der Waals surface area contributed by atoms with E-state index in [1.54, 1.807) is 13.2 Å². The number of hydrogen-bond donors (Lipinski definition) is 1. The zero-order valence-corrected chi connectivity index (χ0v) is 17.3. The number of hydrogen-bond acceptors (Lipinski definition) is 2. The SMILES string of the molecule is COc1ccc2ccccc2c1-c1cc(-c2c(O)ccc3ccccc23)c(C)cc1F. The summed E-state index contributed by atoms with van der Waals surface area (Å²) in [5, 5.41) is 14.6. The summed E-state index contributed by atoms with van der Waals surface area (Å²) in [4.78, 5) is 0. The van der Waals surface area contributed by atoms with Crippen LogP contribution in [-0.4, -0.2) is 12.2 Å². The molecular formula is C28H21FO2. The second-order valence-electron chi connectivity index (χ2n) is 7.69. The molecule has 0 unspecified atom stereocenters. The quantitative estimate of drug-likeness (QED) is 0.335. The molecule has 0 saturated carbocycles. The highest BCUT2D eigenvalue weighted by molar-refractivity contribution is 6.03. The van der Waals surface area contributed by atoms with Gasteiger partial charge in [-0.25, -0.2) is 4.39 Å². The van der Waals surface area contributed by atoms with Crippen LogP contribution in [0.15, 0.2) is 84.9 Å². The molecule has 0 bridgehead atoms. The number of aromatic hydroxyl groups is 1. The second-order valence-corrected chi connectivity index (χ2v) is 7.69. The first-order valence-corrected chi connectivity index (χ1v) is 10.2. The maximum Gasteiger partial charge on any atom is 0.131 e. The topological polar surface area (TPSA) is 29.5 Å². The van der Waals surface area contributed by atoms with Crippen LogP contribution in [0.2, 0.25) is 0 Å². The van der Waals surface area contributed by atoms with Gasteiger partial charge >= 0.3 is 0 Å². The summed E-state index contributed by atoms with van der Waals surface area (Å²) in [5.41, 5.74) is 3.41. The predicted octanol–water partition coefficient (Wildman–Crippen LogP) is 7.49. The lowest BCUT2D eigenvalue weighted by molar-refractivity contribution is 0.416. The highest BCUT2D eigenvalue weighted by Gasteiger charge is 2.19. The Morgan fingerprint density at radius 1 is 0.710 bits per heavy atom. The summed E-state index contributed by atoms with van der Waals surface area (Å²) in [6.45, 7) is 1.86. The first-order valence-electron chi connectivity index (χ1n) is 10.2. The van der Waals surface area contributed by atoms with Crippen LogP contribution in [0.1, 0.15) is 5.56 Å². The van der Waals surface area contributed by atoms with E-state index in [1.165, 1.54) is 6.07 Å². The van der Waals surface area contributed by atoms with Gasteiger partial charge in [0.2, 0.25) is 0 Å². The van der Waals surface area contributed by atoms with Gasteiger partial charge in [-0.3, -0.25) is 0 Å². The average Bonchev–Trinajstić information content (AvgIpc) is 2.79. The molecule has 0 heterocycles. The molecule has 0 aliphatic carbocycles. The maximum atomic E-state index is 15.4. The maximum absolute atomic E-state index is 15.4. The van der Waals surface area contributed by atoms with Gasteiger partial charge in [-0.2, -0.15) is 0 Å². The molecule has 5 rings (SSSR count). The van der Waals surface area contributed by atoms with E-state index in [2.05, 4.69) is 0 Å². The van der Waals surface area contributed by atoms with Crippen LogP contribution in [0.4, 0.5) is 4.39 Å². The van der Waals surface area contributed by atoms with E-state index in [0.717, 1.165) is 32.7 Å². The molecule has 0 fully saturated rings. The zero-order valence-electron chi connectivity index (χ0n) is 17.3. The van der Waals surface area contributed by atoms with Gasteiger partial charge < -0.3 is 9.84 Å². The van der Waals surface area contributed by atoms with E-state index in [4.69, 9.17) is 4.74 Å². The fraction of sp³-hybridized carbons (Fsp3) is 0.0714. The monoisotopic (exact) mass is 408 g/mol. The predicted molar refractivity (Wildman–Crippen MR) is 125 cm³/mol. The molecule has 0 aromatic heterocycles. The smallest absolute Gasteiger partial charge is 0.131 e. The number of ether oxygens (including phenoxy) is 1. The van der Waals surface area contributed by atoms with Crippen LogP contribution in [0.3, 0.4) is 0 Å². The van der Waals surface area contributed by atoms with Crippen molar-refractivity contribution in [2.24, 2.45) is 0 Å². The second kappa shape index (κ2) is 7.44. The van der Waals surface area contributed by atoms with Gasteiger partial charge in [-0.05, 0) is 63.9 Å². The number of phenols is 1. The summed E-state index contributed by atoms with van der Waals surface area (Å²) in [6.07, 6.45) is 0. The van der Waals surface area contributed by atoms with Gasteiger partial charge in [0.25, 0.3) is 0 Å². The van der Waals surface area contributed by atoms with Gasteiger partial charge in [-0.15, -0.1) is 0 Å². The summed E-state index contributed by atoms with van der Waals surface area (Å²) < 4.78 is 21.0. The molecule has 2 nitrogen and oxygen atoms in total. The lowest BCUT2D eigenvalue weighted by Gasteiger charge is -2.17. The van der Waals surface area contributed by atoms with Crippen LogP contribution in [0.25, 0.3) is 43.8 Å². The van der Waals surface area contributed by atoms with Crippen molar-refractivity contribution >= 4 is 21.5 Å². The van der Waals surface area contributed by atoms with E-state index in [1.807, 2.05) is 79.7 Å². The third kappa shape index (κ3) is 3.10. The van der Waals surface area contributed by atoms with E-state index in [0.29, 0.717) is 22.4 Å². The molecule has 0 aliphatic rings. The highest BCUT2D eigenvalue weighted by atomic mass is 19.1. The highest BCUT2D eigenvalue weighted by Crippen LogP contribution is 2.44. The van der Waals surface area contributed by atoms with Crippen molar-refractivity contribution in [2.45, 2.75) is 6.92 Å². The molecule has 31 heavy (non-hydrogen) atoms. The van der Waals surface area contributed by atoms with E-state index in [-0.39, 0.29) is 11.6 Å². The molecule has 0 atom stereocenters. The van der Waals surface area contributed by atoms with E-state index in [9.17, 15) is 5.11 Å². The number of benzene rings is 5. The molecule has 1 N–H and O–H groups in total. The number of fused-ring (bicyclic) bond motifs is 2. The first kappa shape index (κ1) is 19.1. The summed E-state index contributed by atoms with van der Waals surface area (Å²) >= 11 is 0. The molecule has 0 saturated heterocycles. The zero-order chi connectivity index (χ0) is 21.5. The van der Waals surface area contributed by atoms with E-state index >= 15 is 4.39 Å². The largest absolute Gasteiger partial charge is 0.507 e. The Bertz CT molecular complexity index is 1450. The minimum atomic E-state index is -0.323. The van der Waals surface area contributed by atoms with Crippen LogP contribution in [0, 0.1) is 12.7 Å². The molecule has 0 amide bonds. The van der Waals surface area contributed by atoms with Gasteiger partial charge in [-0.1, -0.05) is 60.7 Å². The van der Waals surface area contributed by atoms with Crippen molar-refractivity contribution in [3.63, 3.8) is 0 Å². The van der Waals surface area contributed by atoms with Gasteiger partial charge in [0.05, 0.1) is 7.11 Å². The molecule has 5 aromatic rings. The van der Waals surface area contributed by atoms with Crippen LogP contribution in [0.5, 0.6) is 11.5 Å². The molecular weight excluding hydrogens is 387 g/mol. The number of phenolic OH excluding ortho intramolecular Hbond substituents is 1. The van der Waals surface area contributed by atoms with Crippen molar-refractivity contribution in [3.05, 3.63) is 96.3 Å². The average molecular weight is 408 g/mol. The number of halogens is 1. The normalized spacial score (nSPS) is 11.2. The minimum Gasteiger partial charge on any atom is -0.507 e. The standard InChI is InChI=1S/C28H21FO2/c1-17-15-24(29)23(28-21-10-6-4-8-19(21)12-14-26(28)31-2)16-22(17)27-20-9-5-3-7-18(20)11-13-25(27)30/h3-16,30H,1-2H3. The molecule has 5 aromatic carbocycles. The van der Waals surface area contributed by atoms with E-state index < -0.39 is 0 Å². The fourth-order valence-electron chi connectivity index (χ4n) is 4.38. The Morgan fingerprint density at radius 3 is 2.00 bits per heavy atom. The Labute approximate surface area is 180 Å². The molecule has 152 valence electrons. The first-order chi connectivity index (χ1) is 15.1. The Morgan fingerprint density at radius 2 is 1.32 bits per heavy atom. The minimum absolute atomic E-state index is 0.171. The third-order valence-electron chi connectivity index (χ3n) is 5.87. The van der Waals surface area contributed by atoms with Crippen molar-refractivity contribution in [3.8, 4) is 33.8 Å². The van der Waals surface area contributed by atoms with Crippen LogP contribution >= 0.6 is 0 Å². The number of methoxy groups -OCH3 is 1. The molecule has 0 spiro atoms.